The van der Waals surface area contributed by atoms with E-state index in [2.05, 4.69) is 15.9 Å². The number of piperazine rings is 1. The second-order valence-electron chi connectivity index (χ2n) is 6.97. The summed E-state index contributed by atoms with van der Waals surface area (Å²) < 4.78 is 5.22. The minimum Gasteiger partial charge on any atom is -0.313 e. The van der Waals surface area contributed by atoms with Crippen LogP contribution in [0.4, 0.5) is 5.88 Å². The molecule has 2 N–H and O–H groups in total. The van der Waals surface area contributed by atoms with Crippen molar-refractivity contribution in [2.75, 3.05) is 42.3 Å². The van der Waals surface area contributed by atoms with Crippen LogP contribution in [-0.2, 0) is 4.79 Å². The SMILES string of the molecule is CC(C)(CSC(=O)c1ccccc1)C(=O)Nc1c[n+](N2CCNCC2)no1. The molecule has 3 rings (SSSR count). The monoisotopic (exact) mass is 390 g/mol. The molecular weight excluding hydrogens is 366 g/mol. The molecule has 0 radical (unpaired) electrons. The minimum absolute atomic E-state index is 0.0484. The first-order chi connectivity index (χ1) is 13.0. The standard InChI is InChI=1S/C18H23N5O3S/c1-18(2,13-27-16(24)14-6-4-3-5-7-14)17(25)20-15-12-23(21-26-15)22-10-8-19-9-11-22/h3-7,12,19H,8-11,13H2,1-2H3/p+1. The van der Waals surface area contributed by atoms with Gasteiger partial charge in [-0.15, -0.1) is 0 Å². The fraction of sp³-hybridized carbons (Fsp3) is 0.444. The van der Waals surface area contributed by atoms with Crippen LogP contribution in [0.3, 0.4) is 0 Å². The fourth-order valence-electron chi connectivity index (χ4n) is 2.53. The number of amides is 1. The van der Waals surface area contributed by atoms with Crippen molar-refractivity contribution in [3.8, 4) is 0 Å². The molecule has 1 aliphatic heterocycles. The number of hydrogen-bond donors (Lipinski definition) is 2. The van der Waals surface area contributed by atoms with Gasteiger partial charge in [-0.1, -0.05) is 55.9 Å². The molecule has 1 amide bonds. The molecule has 1 aromatic carbocycles. The molecule has 2 heterocycles. The molecule has 144 valence electrons. The number of benzene rings is 1. The fourth-order valence-corrected chi connectivity index (χ4v) is 3.46. The smallest absolute Gasteiger partial charge is 0.305 e. The summed E-state index contributed by atoms with van der Waals surface area (Å²) >= 11 is 1.14. The summed E-state index contributed by atoms with van der Waals surface area (Å²) in [5.74, 6) is 0.420. The van der Waals surface area contributed by atoms with Crippen LogP contribution in [0.1, 0.15) is 24.2 Å². The third-order valence-electron chi connectivity index (χ3n) is 4.26. The van der Waals surface area contributed by atoms with E-state index in [1.807, 2.05) is 23.2 Å². The molecule has 27 heavy (non-hydrogen) atoms. The number of nitrogens with one attached hydrogen (secondary N) is 2. The Morgan fingerprint density at radius 2 is 2.00 bits per heavy atom. The van der Waals surface area contributed by atoms with E-state index in [0.717, 1.165) is 37.9 Å². The highest BCUT2D eigenvalue weighted by Gasteiger charge is 2.31. The zero-order chi connectivity index (χ0) is 19.3. The molecule has 9 heteroatoms. The molecule has 2 aromatic rings. The second kappa shape index (κ2) is 8.53. The molecule has 1 aliphatic rings. The van der Waals surface area contributed by atoms with E-state index in [0.29, 0.717) is 11.3 Å². The molecule has 0 aliphatic carbocycles. The Balaban J connectivity index is 1.54. The van der Waals surface area contributed by atoms with Crippen LogP contribution in [0.2, 0.25) is 0 Å². The number of rotatable bonds is 6. The number of thioether (sulfide) groups is 1. The normalized spacial score (nSPS) is 14.8. The summed E-state index contributed by atoms with van der Waals surface area (Å²) in [5, 5.41) is 11.9. The van der Waals surface area contributed by atoms with Crippen LogP contribution in [0.15, 0.2) is 41.1 Å². The topological polar surface area (TPSA) is 91.4 Å². The van der Waals surface area contributed by atoms with Crippen molar-refractivity contribution in [3.05, 3.63) is 42.1 Å². The highest BCUT2D eigenvalue weighted by Crippen LogP contribution is 2.26. The van der Waals surface area contributed by atoms with Gasteiger partial charge in [-0.05, 0) is 0 Å². The Kier molecular flexibility index (Phi) is 6.12. The number of hydrogen-bond acceptors (Lipinski definition) is 7. The molecule has 1 fully saturated rings. The van der Waals surface area contributed by atoms with Gasteiger partial charge in [-0.25, -0.2) is 0 Å². The summed E-state index contributed by atoms with van der Waals surface area (Å²) in [6.45, 7) is 6.98. The van der Waals surface area contributed by atoms with Crippen molar-refractivity contribution in [2.45, 2.75) is 13.8 Å². The average molecular weight is 390 g/mol. The Morgan fingerprint density at radius 3 is 2.70 bits per heavy atom. The summed E-state index contributed by atoms with van der Waals surface area (Å²) in [7, 11) is 0. The highest BCUT2D eigenvalue weighted by molar-refractivity contribution is 8.14. The Bertz CT molecular complexity index is 787. The van der Waals surface area contributed by atoms with E-state index in [1.54, 1.807) is 37.0 Å². The van der Waals surface area contributed by atoms with Gasteiger partial charge in [-0.3, -0.25) is 19.4 Å². The second-order valence-corrected chi connectivity index (χ2v) is 7.92. The summed E-state index contributed by atoms with van der Waals surface area (Å²) in [6, 6.07) is 9.05. The van der Waals surface area contributed by atoms with Crippen molar-refractivity contribution >= 4 is 28.7 Å². The van der Waals surface area contributed by atoms with Crippen LogP contribution in [-0.4, -0.2) is 48.2 Å². The first-order valence-electron chi connectivity index (χ1n) is 8.84. The van der Waals surface area contributed by atoms with Gasteiger partial charge >= 0.3 is 5.88 Å². The predicted molar refractivity (Wildman–Crippen MR) is 103 cm³/mol. The third-order valence-corrected chi connectivity index (χ3v) is 5.63. The largest absolute Gasteiger partial charge is 0.313 e. The maximum atomic E-state index is 12.6. The number of carbonyl (C=O) groups excluding carboxylic acids is 2. The lowest BCUT2D eigenvalue weighted by molar-refractivity contribution is -0.758. The van der Waals surface area contributed by atoms with E-state index >= 15 is 0 Å². The maximum absolute atomic E-state index is 12.6. The Labute approximate surface area is 162 Å². The van der Waals surface area contributed by atoms with Crippen LogP contribution in [0, 0.1) is 5.41 Å². The lowest BCUT2D eigenvalue weighted by Crippen LogP contribution is -2.64. The lowest BCUT2D eigenvalue weighted by atomic mass is 9.95. The van der Waals surface area contributed by atoms with Crippen LogP contribution < -0.4 is 20.4 Å². The zero-order valence-electron chi connectivity index (χ0n) is 15.5. The van der Waals surface area contributed by atoms with Gasteiger partial charge < -0.3 is 5.32 Å². The molecular formula is C18H24N5O3S+. The van der Waals surface area contributed by atoms with Crippen LogP contribution in [0.25, 0.3) is 0 Å². The van der Waals surface area contributed by atoms with E-state index in [4.69, 9.17) is 4.52 Å². The van der Waals surface area contributed by atoms with Gasteiger partial charge in [0.25, 0.3) is 6.20 Å². The maximum Gasteiger partial charge on any atom is 0.305 e. The van der Waals surface area contributed by atoms with Gasteiger partial charge in [0.05, 0.1) is 23.3 Å². The van der Waals surface area contributed by atoms with E-state index in [9.17, 15) is 9.59 Å². The molecule has 8 nitrogen and oxygen atoms in total. The summed E-state index contributed by atoms with van der Waals surface area (Å²) in [6.07, 6.45) is 1.65. The Hall–Kier alpha value is -2.39. The van der Waals surface area contributed by atoms with Crippen molar-refractivity contribution < 1.29 is 18.9 Å². The average Bonchev–Trinajstić information content (AvgIpc) is 3.16. The van der Waals surface area contributed by atoms with Crippen molar-refractivity contribution in [3.63, 3.8) is 0 Å². The molecule has 0 saturated carbocycles. The van der Waals surface area contributed by atoms with Crippen molar-refractivity contribution in [2.24, 2.45) is 5.41 Å². The Morgan fingerprint density at radius 1 is 1.30 bits per heavy atom. The molecule has 1 saturated heterocycles. The molecule has 0 unspecified atom stereocenters. The van der Waals surface area contributed by atoms with E-state index in [1.165, 1.54) is 0 Å². The van der Waals surface area contributed by atoms with Crippen LogP contribution >= 0.6 is 11.8 Å². The third kappa shape index (κ3) is 5.08. The van der Waals surface area contributed by atoms with Gasteiger partial charge in [0, 0.05) is 24.4 Å². The molecule has 0 atom stereocenters. The molecule has 1 aromatic heterocycles. The minimum atomic E-state index is -0.748. The number of carbonyl (C=O) groups is 2. The zero-order valence-corrected chi connectivity index (χ0v) is 16.3. The predicted octanol–water partition coefficient (Wildman–Crippen LogP) is 1.04. The number of aromatic nitrogens is 2. The first-order valence-corrected chi connectivity index (χ1v) is 9.82. The number of nitrogens with zero attached hydrogens (tertiary/aromatic N) is 3. The summed E-state index contributed by atoms with van der Waals surface area (Å²) in [4.78, 5) is 26.5. The number of anilines is 1. The van der Waals surface area contributed by atoms with Gasteiger partial charge in [0.1, 0.15) is 0 Å². The van der Waals surface area contributed by atoms with Gasteiger partial charge in [0.2, 0.25) is 16.3 Å². The van der Waals surface area contributed by atoms with Crippen molar-refractivity contribution in [1.29, 1.82) is 0 Å². The van der Waals surface area contributed by atoms with E-state index in [-0.39, 0.29) is 16.9 Å². The highest BCUT2D eigenvalue weighted by atomic mass is 32.2. The van der Waals surface area contributed by atoms with Crippen molar-refractivity contribution in [1.82, 2.24) is 10.6 Å². The summed E-state index contributed by atoms with van der Waals surface area (Å²) in [5.41, 5.74) is -0.118. The van der Waals surface area contributed by atoms with Gasteiger partial charge in [0.15, 0.2) is 0 Å². The van der Waals surface area contributed by atoms with E-state index < -0.39 is 5.41 Å². The van der Waals surface area contributed by atoms with Gasteiger partial charge in [-0.2, -0.15) is 5.01 Å². The lowest BCUT2D eigenvalue weighted by Gasteiger charge is -2.21. The first kappa shape index (κ1) is 19.4. The van der Waals surface area contributed by atoms with Crippen LogP contribution in [0.5, 0.6) is 0 Å². The quantitative estimate of drug-likeness (QED) is 0.712. The molecule has 0 bridgehead atoms. The molecule has 0 spiro atoms.